The second-order valence-corrected chi connectivity index (χ2v) is 10.8. The van der Waals surface area contributed by atoms with Crippen molar-refractivity contribution in [2.24, 2.45) is 11.8 Å². The van der Waals surface area contributed by atoms with E-state index in [1.54, 1.807) is 39.0 Å². The molecule has 2 saturated heterocycles. The lowest BCUT2D eigenvalue weighted by Gasteiger charge is -2.35. The van der Waals surface area contributed by atoms with Gasteiger partial charge in [-0.1, -0.05) is 54.1 Å². The van der Waals surface area contributed by atoms with Crippen molar-refractivity contribution in [1.29, 1.82) is 0 Å². The monoisotopic (exact) mass is 547 g/mol. The molecule has 4 heterocycles. The van der Waals surface area contributed by atoms with Crippen molar-refractivity contribution >= 4 is 40.7 Å². The number of fused-ring (bicyclic) bond motifs is 2. The first-order valence-electron chi connectivity index (χ1n) is 13.3. The van der Waals surface area contributed by atoms with Crippen LogP contribution in [0.25, 0.3) is 0 Å². The number of hydrogen-bond donors (Lipinski definition) is 1. The molecule has 0 saturated carbocycles. The van der Waals surface area contributed by atoms with Crippen molar-refractivity contribution in [3.05, 3.63) is 83.9 Å². The Hall–Kier alpha value is -3.46. The average molecular weight is 548 g/mol. The highest BCUT2D eigenvalue weighted by Crippen LogP contribution is 2.53. The van der Waals surface area contributed by atoms with E-state index in [2.05, 4.69) is 0 Å². The molecule has 4 aliphatic heterocycles. The quantitative estimate of drug-likeness (QED) is 0.443. The maximum Gasteiger partial charge on any atom is 0.253 e. The molecular weight excluding hydrogens is 518 g/mol. The summed E-state index contributed by atoms with van der Waals surface area (Å²) in [6, 6.07) is 15.4. The highest BCUT2D eigenvalue weighted by molar-refractivity contribution is 6.30. The van der Waals surface area contributed by atoms with Crippen molar-refractivity contribution in [2.75, 3.05) is 36.0 Å². The molecule has 0 aliphatic carbocycles. The summed E-state index contributed by atoms with van der Waals surface area (Å²) < 4.78 is 6.67. The highest BCUT2D eigenvalue weighted by Gasteiger charge is 2.71. The Bertz CT molecular complexity index is 1330. The summed E-state index contributed by atoms with van der Waals surface area (Å²) in [5.74, 6) is -2.36. The molecule has 5 atom stereocenters. The van der Waals surface area contributed by atoms with E-state index in [1.165, 1.54) is 0 Å². The second kappa shape index (κ2) is 10.3. The summed E-state index contributed by atoms with van der Waals surface area (Å²) >= 11 is 6.09. The number of nitrogens with zero attached hydrogens (tertiary/aromatic N) is 3. The lowest BCUT2D eigenvalue weighted by atomic mass is 9.77. The number of benzene rings is 2. The van der Waals surface area contributed by atoms with E-state index < -0.39 is 29.6 Å². The molecule has 39 heavy (non-hydrogen) atoms. The van der Waals surface area contributed by atoms with Gasteiger partial charge in [-0.25, -0.2) is 0 Å². The van der Waals surface area contributed by atoms with Crippen LogP contribution in [0.15, 0.2) is 78.9 Å². The van der Waals surface area contributed by atoms with E-state index in [9.17, 15) is 19.5 Å². The molecule has 0 radical (unpaired) electrons. The third-order valence-corrected chi connectivity index (χ3v) is 8.42. The Morgan fingerprint density at radius 2 is 1.56 bits per heavy atom. The van der Waals surface area contributed by atoms with Crippen molar-refractivity contribution < 1.29 is 24.2 Å². The second-order valence-electron chi connectivity index (χ2n) is 10.3. The fourth-order valence-corrected chi connectivity index (χ4v) is 6.59. The van der Waals surface area contributed by atoms with Crippen LogP contribution in [0.4, 0.5) is 11.4 Å². The molecule has 202 valence electrons. The molecule has 8 nitrogen and oxygen atoms in total. The molecule has 2 fully saturated rings. The van der Waals surface area contributed by atoms with Gasteiger partial charge in [0.25, 0.3) is 5.91 Å². The molecule has 0 aromatic heterocycles. The number of unbranched alkanes of at least 4 members (excludes halogenated alkanes) is 1. The largest absolute Gasteiger partial charge is 0.396 e. The molecule has 9 heteroatoms. The molecule has 3 amide bonds. The highest BCUT2D eigenvalue weighted by atomic mass is 35.5. The molecule has 1 unspecified atom stereocenters. The van der Waals surface area contributed by atoms with Gasteiger partial charge < -0.3 is 24.5 Å². The van der Waals surface area contributed by atoms with Gasteiger partial charge in [0, 0.05) is 42.6 Å². The predicted octanol–water partition coefficient (Wildman–Crippen LogP) is 3.20. The smallest absolute Gasteiger partial charge is 0.253 e. The maximum absolute atomic E-state index is 14.3. The number of aliphatic hydroxyl groups is 1. The normalized spacial score (nSPS) is 29.8. The first kappa shape index (κ1) is 25.8. The predicted molar refractivity (Wildman–Crippen MR) is 147 cm³/mol. The first-order chi connectivity index (χ1) is 19.0. The van der Waals surface area contributed by atoms with Crippen LogP contribution in [0.5, 0.6) is 0 Å². The zero-order valence-electron chi connectivity index (χ0n) is 21.4. The van der Waals surface area contributed by atoms with Crippen LogP contribution in [0.1, 0.15) is 12.8 Å². The van der Waals surface area contributed by atoms with E-state index >= 15 is 0 Å². The summed E-state index contributed by atoms with van der Waals surface area (Å²) in [6.07, 6.45) is 7.84. The van der Waals surface area contributed by atoms with Gasteiger partial charge in [0.2, 0.25) is 11.8 Å². The van der Waals surface area contributed by atoms with Crippen LogP contribution in [0, 0.1) is 11.8 Å². The van der Waals surface area contributed by atoms with Gasteiger partial charge in [-0.2, -0.15) is 0 Å². The van der Waals surface area contributed by atoms with Crippen molar-refractivity contribution in [1.82, 2.24) is 4.90 Å². The number of aliphatic hydroxyl groups excluding tert-OH is 1. The minimum absolute atomic E-state index is 0.0114. The van der Waals surface area contributed by atoms with Crippen molar-refractivity contribution in [3.63, 3.8) is 0 Å². The Morgan fingerprint density at radius 1 is 0.872 bits per heavy atom. The molecule has 2 aromatic rings. The van der Waals surface area contributed by atoms with Crippen LogP contribution in [-0.4, -0.2) is 71.7 Å². The molecular formula is C30H30ClN3O5. The standard InChI is InChI=1S/C30H30ClN3O5/c31-20-11-13-22(14-12-20)33-18-7-15-30-25(28(37)34(16-4-5-19-35)26(30)29(33)38)24-23(39-30)10-6-17-32(27(24)36)21-8-2-1-3-9-21/h1-3,6-15,23-26,35H,4-5,16-19H2/t23-,24+,25-,26?,30-/m0/s1. The van der Waals surface area contributed by atoms with E-state index in [4.69, 9.17) is 16.3 Å². The summed E-state index contributed by atoms with van der Waals surface area (Å²) in [7, 11) is 0. The fourth-order valence-electron chi connectivity index (χ4n) is 6.46. The Kier molecular flexibility index (Phi) is 6.79. The van der Waals surface area contributed by atoms with Crippen LogP contribution in [0.2, 0.25) is 5.02 Å². The van der Waals surface area contributed by atoms with Gasteiger partial charge in [-0.05, 0) is 49.2 Å². The van der Waals surface area contributed by atoms with Crippen LogP contribution in [0.3, 0.4) is 0 Å². The molecule has 1 N–H and O–H groups in total. The van der Waals surface area contributed by atoms with E-state index in [0.717, 1.165) is 5.69 Å². The molecule has 2 aromatic carbocycles. The average Bonchev–Trinajstić information content (AvgIpc) is 3.25. The minimum atomic E-state index is -1.29. The zero-order valence-corrected chi connectivity index (χ0v) is 22.1. The molecule has 6 rings (SSSR count). The number of rotatable bonds is 6. The number of amides is 3. The summed E-state index contributed by atoms with van der Waals surface area (Å²) in [6.45, 7) is 0.935. The van der Waals surface area contributed by atoms with E-state index in [-0.39, 0.29) is 30.9 Å². The van der Waals surface area contributed by atoms with Crippen LogP contribution in [-0.2, 0) is 19.1 Å². The molecule has 0 bridgehead atoms. The van der Waals surface area contributed by atoms with Gasteiger partial charge in [0.05, 0.1) is 17.9 Å². The van der Waals surface area contributed by atoms with Gasteiger partial charge in [-0.15, -0.1) is 0 Å². The number of carbonyl (C=O) groups excluding carboxylic acids is 3. The number of hydrogen-bond acceptors (Lipinski definition) is 5. The summed E-state index contributed by atoms with van der Waals surface area (Å²) in [4.78, 5) is 47.5. The number of likely N-dealkylation sites (tertiary alicyclic amines) is 1. The summed E-state index contributed by atoms with van der Waals surface area (Å²) in [5.41, 5.74) is 0.122. The van der Waals surface area contributed by atoms with Crippen LogP contribution < -0.4 is 9.80 Å². The van der Waals surface area contributed by atoms with Gasteiger partial charge in [0.15, 0.2) is 0 Å². The third-order valence-electron chi connectivity index (χ3n) is 8.17. The van der Waals surface area contributed by atoms with Crippen molar-refractivity contribution in [2.45, 2.75) is 30.6 Å². The number of halogens is 1. The Labute approximate surface area is 232 Å². The van der Waals surface area contributed by atoms with E-state index in [1.807, 2.05) is 54.6 Å². The summed E-state index contributed by atoms with van der Waals surface area (Å²) in [5, 5.41) is 9.94. The van der Waals surface area contributed by atoms with Gasteiger partial charge in [-0.3, -0.25) is 14.4 Å². The molecule has 4 aliphatic rings. The van der Waals surface area contributed by atoms with Gasteiger partial charge >= 0.3 is 0 Å². The van der Waals surface area contributed by atoms with E-state index in [0.29, 0.717) is 36.6 Å². The number of anilines is 2. The topological polar surface area (TPSA) is 90.4 Å². The minimum Gasteiger partial charge on any atom is -0.396 e. The lowest BCUT2D eigenvalue weighted by molar-refractivity contribution is -0.140. The van der Waals surface area contributed by atoms with Crippen molar-refractivity contribution in [3.8, 4) is 0 Å². The van der Waals surface area contributed by atoms with Gasteiger partial charge in [0.1, 0.15) is 11.6 Å². The Balaban J connectivity index is 1.42. The van der Waals surface area contributed by atoms with Crippen LogP contribution >= 0.6 is 11.6 Å². The number of ether oxygens (including phenoxy) is 1. The number of para-hydroxylation sites is 1. The fraction of sp³-hybridized carbons (Fsp3) is 0.367. The maximum atomic E-state index is 14.3. The number of carbonyl (C=O) groups is 3. The third kappa shape index (κ3) is 4.18. The Morgan fingerprint density at radius 3 is 2.31 bits per heavy atom. The lowest BCUT2D eigenvalue weighted by Crippen LogP contribution is -2.55. The first-order valence-corrected chi connectivity index (χ1v) is 13.7. The SMILES string of the molecule is O=C1C2N(CCCCO)C(=O)[C@@H]3[C@@H]4C(=O)N(c5ccccc5)CC=C[C@@H]4O[C@]23C=CCN1c1ccc(Cl)cc1. The zero-order chi connectivity index (χ0) is 27.1. The molecule has 1 spiro atoms.